The third-order valence-corrected chi connectivity index (χ3v) is 4.95. The van der Waals surface area contributed by atoms with E-state index >= 15 is 0 Å². The molecule has 27 heavy (non-hydrogen) atoms. The first-order chi connectivity index (χ1) is 13.2. The summed E-state index contributed by atoms with van der Waals surface area (Å²) in [5, 5.41) is 6.13. The maximum Gasteiger partial charge on any atom is 0.253 e. The van der Waals surface area contributed by atoms with Crippen LogP contribution >= 0.6 is 0 Å². The number of morpholine rings is 1. The van der Waals surface area contributed by atoms with Crippen molar-refractivity contribution in [1.29, 1.82) is 0 Å². The molecule has 1 atom stereocenters. The number of nitrogens with zero attached hydrogens (tertiary/aromatic N) is 2. The molecule has 1 aromatic carbocycles. The topological polar surface area (TPSA) is 83.1 Å². The van der Waals surface area contributed by atoms with Crippen LogP contribution in [0, 0.1) is 0 Å². The molecule has 1 aromatic rings. The number of piperazine rings is 1. The van der Waals surface area contributed by atoms with Crippen LogP contribution in [-0.4, -0.2) is 93.8 Å². The van der Waals surface area contributed by atoms with Gasteiger partial charge in [-0.2, -0.15) is 0 Å². The van der Waals surface area contributed by atoms with Crippen molar-refractivity contribution in [3.8, 4) is 5.75 Å². The van der Waals surface area contributed by atoms with Crippen LogP contribution in [0.25, 0.3) is 0 Å². The number of hydrogen-bond acceptors (Lipinski definition) is 6. The minimum Gasteiger partial charge on any atom is -0.497 e. The van der Waals surface area contributed by atoms with Gasteiger partial charge in [0.2, 0.25) is 0 Å². The Labute approximate surface area is 159 Å². The third kappa shape index (κ3) is 5.41. The molecule has 0 aromatic heterocycles. The number of nitrogens with one attached hydrogen (secondary N) is 2. The monoisotopic (exact) mass is 376 g/mol. The number of amides is 2. The van der Waals surface area contributed by atoms with E-state index in [0.717, 1.165) is 31.9 Å². The molecule has 2 aliphatic heterocycles. The van der Waals surface area contributed by atoms with Gasteiger partial charge in [0, 0.05) is 57.9 Å². The second-order valence-corrected chi connectivity index (χ2v) is 6.71. The molecule has 2 aliphatic rings. The summed E-state index contributed by atoms with van der Waals surface area (Å²) in [6.45, 7) is 6.35. The molecule has 8 heteroatoms. The van der Waals surface area contributed by atoms with Gasteiger partial charge in [-0.25, -0.2) is 0 Å². The van der Waals surface area contributed by atoms with Gasteiger partial charge in [-0.15, -0.1) is 0 Å². The van der Waals surface area contributed by atoms with Crippen molar-refractivity contribution in [2.24, 2.45) is 0 Å². The standard InChI is InChI=1S/C19H28N4O4/c1-26-16-4-2-15(3-5-16)18(24)21-6-8-22-9-11-23(12-10-22)19(25)17-14-20-7-13-27-17/h2-5,17,20H,6-14H2,1H3,(H,21,24). The summed E-state index contributed by atoms with van der Waals surface area (Å²) in [5.74, 6) is 0.719. The normalized spacial score (nSPS) is 20.9. The summed E-state index contributed by atoms with van der Waals surface area (Å²) in [6, 6.07) is 7.05. The van der Waals surface area contributed by atoms with Gasteiger partial charge in [0.1, 0.15) is 11.9 Å². The molecule has 2 heterocycles. The highest BCUT2D eigenvalue weighted by Gasteiger charge is 2.29. The smallest absolute Gasteiger partial charge is 0.253 e. The van der Waals surface area contributed by atoms with Crippen molar-refractivity contribution in [3.63, 3.8) is 0 Å². The first-order valence-electron chi connectivity index (χ1n) is 9.43. The van der Waals surface area contributed by atoms with Gasteiger partial charge >= 0.3 is 0 Å². The summed E-state index contributed by atoms with van der Waals surface area (Å²) in [6.07, 6.45) is -0.353. The summed E-state index contributed by atoms with van der Waals surface area (Å²) in [4.78, 5) is 28.7. The van der Waals surface area contributed by atoms with Crippen molar-refractivity contribution in [3.05, 3.63) is 29.8 Å². The fourth-order valence-electron chi connectivity index (χ4n) is 3.29. The van der Waals surface area contributed by atoms with Crippen LogP contribution in [0.4, 0.5) is 0 Å². The van der Waals surface area contributed by atoms with Crippen LogP contribution < -0.4 is 15.4 Å². The van der Waals surface area contributed by atoms with E-state index in [2.05, 4.69) is 15.5 Å². The van der Waals surface area contributed by atoms with Gasteiger partial charge in [-0.3, -0.25) is 14.5 Å². The largest absolute Gasteiger partial charge is 0.497 e. The molecule has 0 bridgehead atoms. The fraction of sp³-hybridized carbons (Fsp3) is 0.579. The van der Waals surface area contributed by atoms with Gasteiger partial charge in [-0.1, -0.05) is 0 Å². The predicted molar refractivity (Wildman–Crippen MR) is 101 cm³/mol. The van der Waals surface area contributed by atoms with E-state index in [1.165, 1.54) is 0 Å². The zero-order valence-electron chi connectivity index (χ0n) is 15.8. The van der Waals surface area contributed by atoms with Crippen LogP contribution in [0.2, 0.25) is 0 Å². The molecule has 3 rings (SSSR count). The van der Waals surface area contributed by atoms with Gasteiger partial charge in [0.05, 0.1) is 13.7 Å². The van der Waals surface area contributed by atoms with E-state index in [1.54, 1.807) is 31.4 Å². The Morgan fingerprint density at radius 1 is 1.22 bits per heavy atom. The Kier molecular flexibility index (Phi) is 7.03. The number of hydrogen-bond donors (Lipinski definition) is 2. The highest BCUT2D eigenvalue weighted by atomic mass is 16.5. The van der Waals surface area contributed by atoms with Crippen molar-refractivity contribution in [1.82, 2.24) is 20.4 Å². The summed E-state index contributed by atoms with van der Waals surface area (Å²) in [5.41, 5.74) is 0.618. The lowest BCUT2D eigenvalue weighted by atomic mass is 10.2. The number of carbonyl (C=O) groups excluding carboxylic acids is 2. The van der Waals surface area contributed by atoms with E-state index in [-0.39, 0.29) is 17.9 Å². The van der Waals surface area contributed by atoms with Crippen molar-refractivity contribution >= 4 is 11.8 Å². The molecule has 0 aliphatic carbocycles. The SMILES string of the molecule is COc1ccc(C(=O)NCCN2CCN(C(=O)C3CNCCO3)CC2)cc1. The highest BCUT2D eigenvalue weighted by Crippen LogP contribution is 2.11. The molecular formula is C19H28N4O4. The summed E-state index contributed by atoms with van der Waals surface area (Å²) in [7, 11) is 1.60. The lowest BCUT2D eigenvalue weighted by Gasteiger charge is -2.37. The molecule has 0 saturated carbocycles. The minimum atomic E-state index is -0.353. The molecule has 0 spiro atoms. The molecule has 148 valence electrons. The van der Waals surface area contributed by atoms with E-state index < -0.39 is 0 Å². The number of methoxy groups -OCH3 is 1. The Morgan fingerprint density at radius 2 is 1.96 bits per heavy atom. The zero-order chi connectivity index (χ0) is 19.1. The summed E-state index contributed by atoms with van der Waals surface area (Å²) >= 11 is 0. The second-order valence-electron chi connectivity index (χ2n) is 6.71. The zero-order valence-corrected chi connectivity index (χ0v) is 15.8. The molecule has 1 unspecified atom stereocenters. The van der Waals surface area contributed by atoms with Gasteiger partial charge in [0.25, 0.3) is 11.8 Å². The molecule has 8 nitrogen and oxygen atoms in total. The molecular weight excluding hydrogens is 348 g/mol. The van der Waals surface area contributed by atoms with Crippen molar-refractivity contribution < 1.29 is 19.1 Å². The third-order valence-electron chi connectivity index (χ3n) is 4.95. The fourth-order valence-corrected chi connectivity index (χ4v) is 3.29. The minimum absolute atomic E-state index is 0.0784. The Morgan fingerprint density at radius 3 is 2.59 bits per heavy atom. The lowest BCUT2D eigenvalue weighted by molar-refractivity contribution is -0.146. The van der Waals surface area contributed by atoms with Crippen LogP contribution in [0.15, 0.2) is 24.3 Å². The van der Waals surface area contributed by atoms with E-state index in [1.807, 2.05) is 4.90 Å². The van der Waals surface area contributed by atoms with Crippen LogP contribution in [0.1, 0.15) is 10.4 Å². The average molecular weight is 376 g/mol. The average Bonchev–Trinajstić information content (AvgIpc) is 2.74. The summed E-state index contributed by atoms with van der Waals surface area (Å²) < 4.78 is 10.6. The number of ether oxygens (including phenoxy) is 2. The lowest BCUT2D eigenvalue weighted by Crippen LogP contribution is -2.55. The van der Waals surface area contributed by atoms with Gasteiger partial charge in [0.15, 0.2) is 0 Å². The molecule has 2 fully saturated rings. The number of benzene rings is 1. The van der Waals surface area contributed by atoms with Gasteiger partial charge < -0.3 is 25.0 Å². The number of rotatable bonds is 6. The van der Waals surface area contributed by atoms with E-state index in [0.29, 0.717) is 38.3 Å². The Balaban J connectivity index is 1.35. The molecule has 0 radical (unpaired) electrons. The van der Waals surface area contributed by atoms with Crippen LogP contribution in [0.3, 0.4) is 0 Å². The first kappa shape index (κ1) is 19.6. The molecule has 2 N–H and O–H groups in total. The first-order valence-corrected chi connectivity index (χ1v) is 9.43. The quantitative estimate of drug-likeness (QED) is 0.700. The maximum absolute atomic E-state index is 12.4. The highest BCUT2D eigenvalue weighted by molar-refractivity contribution is 5.94. The number of carbonyl (C=O) groups is 2. The van der Waals surface area contributed by atoms with Gasteiger partial charge in [-0.05, 0) is 24.3 Å². The van der Waals surface area contributed by atoms with E-state index in [9.17, 15) is 9.59 Å². The van der Waals surface area contributed by atoms with Crippen LogP contribution in [-0.2, 0) is 9.53 Å². The Bertz CT molecular complexity index is 623. The Hall–Kier alpha value is -2.16. The van der Waals surface area contributed by atoms with Crippen molar-refractivity contribution in [2.75, 3.05) is 66.1 Å². The predicted octanol–water partition coefficient (Wildman–Crippen LogP) is -0.442. The van der Waals surface area contributed by atoms with Crippen molar-refractivity contribution in [2.45, 2.75) is 6.10 Å². The van der Waals surface area contributed by atoms with E-state index in [4.69, 9.17) is 9.47 Å². The molecule has 2 amide bonds. The maximum atomic E-state index is 12.4. The molecule has 2 saturated heterocycles. The second kappa shape index (κ2) is 9.68. The van der Waals surface area contributed by atoms with Crippen LogP contribution in [0.5, 0.6) is 5.75 Å².